The third-order valence-corrected chi connectivity index (χ3v) is 6.19. The van der Waals surface area contributed by atoms with Crippen LogP contribution in [0.2, 0.25) is 0 Å². The van der Waals surface area contributed by atoms with Crippen LogP contribution >= 0.6 is 0 Å². The Morgan fingerprint density at radius 1 is 1.12 bits per heavy atom. The van der Waals surface area contributed by atoms with Crippen LogP contribution in [-0.2, 0) is 10.3 Å². The Bertz CT molecular complexity index is 1370. The number of nitrogens with zero attached hydrogens (tertiary/aromatic N) is 2. The number of halogens is 1. The minimum absolute atomic E-state index is 0.213. The molecule has 6 rings (SSSR count). The van der Waals surface area contributed by atoms with Crippen LogP contribution in [0.25, 0.3) is 22.4 Å². The van der Waals surface area contributed by atoms with Gasteiger partial charge in [-0.15, -0.1) is 0 Å². The number of nitrogens with one attached hydrogen (secondary N) is 1. The number of ether oxygens (including phenoxy) is 1. The molecule has 0 unspecified atom stereocenters. The summed E-state index contributed by atoms with van der Waals surface area (Å²) in [6.07, 6.45) is 1.96. The van der Waals surface area contributed by atoms with Crippen molar-refractivity contribution in [2.75, 3.05) is 18.5 Å². The van der Waals surface area contributed by atoms with Gasteiger partial charge in [0.05, 0.1) is 35.6 Å². The smallest absolute Gasteiger partial charge is 0.259 e. The summed E-state index contributed by atoms with van der Waals surface area (Å²) in [7, 11) is 0. The average molecular weight is 445 g/mol. The monoisotopic (exact) mass is 445 g/mol. The number of aromatic nitrogens is 2. The highest BCUT2D eigenvalue weighted by Crippen LogP contribution is 2.43. The molecule has 0 radical (unpaired) electrons. The van der Waals surface area contributed by atoms with E-state index in [0.717, 1.165) is 18.4 Å². The molecule has 1 saturated heterocycles. The predicted molar refractivity (Wildman–Crippen MR) is 118 cm³/mol. The Morgan fingerprint density at radius 3 is 2.55 bits per heavy atom. The predicted octanol–water partition coefficient (Wildman–Crippen LogP) is 4.38. The molecule has 2 N–H and O–H groups in total. The summed E-state index contributed by atoms with van der Waals surface area (Å²) in [6.45, 7) is 0.508. The number of rotatable bonds is 5. The molecule has 2 fully saturated rings. The fourth-order valence-corrected chi connectivity index (χ4v) is 4.12. The number of aliphatic hydroxyl groups is 1. The summed E-state index contributed by atoms with van der Waals surface area (Å²) in [4.78, 5) is 17.8. The lowest BCUT2D eigenvalue weighted by molar-refractivity contribution is -0.184. The summed E-state index contributed by atoms with van der Waals surface area (Å²) < 4.78 is 25.0. The number of hydrogen-bond acceptors (Lipinski definition) is 6. The van der Waals surface area contributed by atoms with Crippen LogP contribution in [0.15, 0.2) is 59.1 Å². The van der Waals surface area contributed by atoms with E-state index in [4.69, 9.17) is 9.26 Å². The molecule has 1 aliphatic carbocycles. The molecule has 8 heteroatoms. The van der Waals surface area contributed by atoms with Crippen molar-refractivity contribution < 1.29 is 23.6 Å². The molecule has 2 aliphatic rings. The van der Waals surface area contributed by atoms with Crippen LogP contribution in [0.3, 0.4) is 0 Å². The Balaban J connectivity index is 1.39. The molecule has 1 saturated carbocycles. The van der Waals surface area contributed by atoms with Gasteiger partial charge in [0.15, 0.2) is 0 Å². The van der Waals surface area contributed by atoms with Crippen LogP contribution in [0.4, 0.5) is 10.1 Å². The van der Waals surface area contributed by atoms with Crippen molar-refractivity contribution in [1.82, 2.24) is 10.1 Å². The molecular weight excluding hydrogens is 425 g/mol. The van der Waals surface area contributed by atoms with Gasteiger partial charge in [0.1, 0.15) is 11.4 Å². The van der Waals surface area contributed by atoms with Gasteiger partial charge in [0.2, 0.25) is 0 Å². The third-order valence-electron chi connectivity index (χ3n) is 6.19. The van der Waals surface area contributed by atoms with Crippen molar-refractivity contribution in [3.8, 4) is 11.3 Å². The number of pyridine rings is 1. The highest BCUT2D eigenvalue weighted by molar-refractivity contribution is 6.13. The van der Waals surface area contributed by atoms with Crippen molar-refractivity contribution in [2.24, 2.45) is 0 Å². The summed E-state index contributed by atoms with van der Waals surface area (Å²) in [5.41, 5.74) is 2.15. The maximum atomic E-state index is 14.5. The lowest BCUT2D eigenvalue weighted by Crippen LogP contribution is -2.46. The van der Waals surface area contributed by atoms with Crippen molar-refractivity contribution in [3.05, 3.63) is 77.2 Å². The van der Waals surface area contributed by atoms with Gasteiger partial charge in [0.25, 0.3) is 11.6 Å². The lowest BCUT2D eigenvalue weighted by Gasteiger charge is -2.36. The van der Waals surface area contributed by atoms with Crippen LogP contribution in [0.5, 0.6) is 0 Å². The van der Waals surface area contributed by atoms with Gasteiger partial charge >= 0.3 is 0 Å². The standard InChI is InChI=1S/C25H20FN3O4/c26-19-4-2-1-3-17(19)20-11-18(21-22(14-5-6-14)29-33-24(21)28-20)23(30)27-16-9-7-15(8-10-16)25(31)12-32-13-25/h1-4,7-11,14,31H,5-6,12-13H2,(H,27,30). The van der Waals surface area contributed by atoms with E-state index >= 15 is 0 Å². The summed E-state index contributed by atoms with van der Waals surface area (Å²) >= 11 is 0. The zero-order chi connectivity index (χ0) is 22.6. The zero-order valence-electron chi connectivity index (χ0n) is 17.5. The van der Waals surface area contributed by atoms with Crippen molar-refractivity contribution in [2.45, 2.75) is 24.4 Å². The van der Waals surface area contributed by atoms with Gasteiger partial charge in [0, 0.05) is 17.2 Å². The molecule has 1 amide bonds. The lowest BCUT2D eigenvalue weighted by atomic mass is 9.92. The number of carbonyl (C=O) groups excluding carboxylic acids is 1. The quantitative estimate of drug-likeness (QED) is 0.473. The maximum absolute atomic E-state index is 14.5. The molecule has 0 spiro atoms. The molecule has 2 aromatic heterocycles. The first-order valence-electron chi connectivity index (χ1n) is 10.8. The van der Waals surface area contributed by atoms with Gasteiger partial charge in [-0.3, -0.25) is 4.79 Å². The highest BCUT2D eigenvalue weighted by Gasteiger charge is 2.38. The van der Waals surface area contributed by atoms with Gasteiger partial charge in [-0.05, 0) is 48.7 Å². The molecule has 33 heavy (non-hydrogen) atoms. The minimum atomic E-state index is -0.976. The van der Waals surface area contributed by atoms with Crippen LogP contribution in [-0.4, -0.2) is 34.4 Å². The first-order chi connectivity index (χ1) is 16.0. The molecule has 166 valence electrons. The van der Waals surface area contributed by atoms with E-state index in [1.807, 2.05) is 0 Å². The number of hydrogen-bond donors (Lipinski definition) is 2. The second kappa shape index (κ2) is 7.47. The van der Waals surface area contributed by atoms with E-state index in [2.05, 4.69) is 15.5 Å². The summed E-state index contributed by atoms with van der Waals surface area (Å²) in [5.74, 6) is -0.571. The molecule has 0 bridgehead atoms. The first-order valence-corrected chi connectivity index (χ1v) is 10.8. The van der Waals surface area contributed by atoms with Gasteiger partial charge in [-0.2, -0.15) is 0 Å². The van der Waals surface area contributed by atoms with Crippen molar-refractivity contribution in [1.29, 1.82) is 0 Å². The summed E-state index contributed by atoms with van der Waals surface area (Å²) in [6, 6.07) is 14.8. The van der Waals surface area contributed by atoms with E-state index in [1.54, 1.807) is 48.5 Å². The second-order valence-electron chi connectivity index (χ2n) is 8.61. The first kappa shape index (κ1) is 20.0. The topological polar surface area (TPSA) is 97.5 Å². The van der Waals surface area contributed by atoms with E-state index in [-0.39, 0.29) is 36.3 Å². The number of carbonyl (C=O) groups is 1. The van der Waals surface area contributed by atoms with E-state index in [1.165, 1.54) is 6.07 Å². The second-order valence-corrected chi connectivity index (χ2v) is 8.61. The Morgan fingerprint density at radius 2 is 1.88 bits per heavy atom. The number of amides is 1. The molecule has 4 aromatic rings. The van der Waals surface area contributed by atoms with E-state index in [9.17, 15) is 14.3 Å². The van der Waals surface area contributed by atoms with E-state index < -0.39 is 11.4 Å². The average Bonchev–Trinajstić information content (AvgIpc) is 3.56. The molecular formula is C25H20FN3O4. The highest BCUT2D eigenvalue weighted by atomic mass is 19.1. The maximum Gasteiger partial charge on any atom is 0.259 e. The molecule has 1 aliphatic heterocycles. The molecule has 2 aromatic carbocycles. The minimum Gasteiger partial charge on any atom is -0.380 e. The van der Waals surface area contributed by atoms with Crippen LogP contribution in [0.1, 0.15) is 40.4 Å². The third kappa shape index (κ3) is 3.48. The van der Waals surface area contributed by atoms with Gasteiger partial charge in [-0.25, -0.2) is 9.37 Å². The van der Waals surface area contributed by atoms with E-state index in [0.29, 0.717) is 28.0 Å². The Kier molecular flexibility index (Phi) is 4.53. The molecule has 3 heterocycles. The van der Waals surface area contributed by atoms with Gasteiger partial charge < -0.3 is 19.7 Å². The van der Waals surface area contributed by atoms with Gasteiger partial charge in [-0.1, -0.05) is 29.4 Å². The SMILES string of the molecule is O=C(Nc1ccc(C2(O)COC2)cc1)c1cc(-c2ccccc2F)nc2onc(C3CC3)c12. The molecule has 7 nitrogen and oxygen atoms in total. The Labute approximate surface area is 188 Å². The van der Waals surface area contributed by atoms with Crippen molar-refractivity contribution >= 4 is 22.7 Å². The fourth-order valence-electron chi connectivity index (χ4n) is 4.12. The number of benzene rings is 2. The zero-order valence-corrected chi connectivity index (χ0v) is 17.5. The number of fused-ring (bicyclic) bond motifs is 1. The largest absolute Gasteiger partial charge is 0.380 e. The van der Waals surface area contributed by atoms with Crippen molar-refractivity contribution in [3.63, 3.8) is 0 Å². The summed E-state index contributed by atoms with van der Waals surface area (Å²) in [5, 5.41) is 18.0. The fraction of sp³-hybridized carbons (Fsp3) is 0.240. The molecule has 0 atom stereocenters. The van der Waals surface area contributed by atoms with Crippen LogP contribution < -0.4 is 5.32 Å². The van der Waals surface area contributed by atoms with Crippen LogP contribution in [0, 0.1) is 5.82 Å². The number of anilines is 1. The Hall–Kier alpha value is -3.62. The normalized spacial score (nSPS) is 17.0.